The molecule has 12 aromatic carbocycles. The van der Waals surface area contributed by atoms with Crippen LogP contribution in [0, 0.1) is 0 Å². The Kier molecular flexibility index (Phi) is 9.89. The highest BCUT2D eigenvalue weighted by molar-refractivity contribution is 6.03. The third-order valence-corrected chi connectivity index (χ3v) is 12.9. The zero-order valence-electron chi connectivity index (χ0n) is 36.3. The average Bonchev–Trinajstić information content (AvgIpc) is 3.38. The Bertz CT molecular complexity index is 3340. The van der Waals surface area contributed by atoms with Crippen molar-refractivity contribution in [3.8, 4) is 33.4 Å². The fourth-order valence-corrected chi connectivity index (χ4v) is 9.52. The van der Waals surface area contributed by atoms with Gasteiger partial charge in [-0.05, 0) is 198 Å². The maximum atomic E-state index is 2.34. The minimum Gasteiger partial charge on any atom is -0.311 e. The molecule has 0 radical (unpaired) electrons. The second-order valence-electron chi connectivity index (χ2n) is 17.1. The van der Waals surface area contributed by atoms with Crippen LogP contribution in [-0.2, 0) is 0 Å². The summed E-state index contributed by atoms with van der Waals surface area (Å²) in [6.07, 6.45) is 0. The minimum atomic E-state index is 1.13. The number of fused-ring (bicyclic) bond motifs is 4. The molecule has 0 amide bonds. The number of nitrogens with zero attached hydrogens (tertiary/aromatic N) is 2. The number of para-hydroxylation sites is 4. The van der Waals surface area contributed by atoms with Crippen molar-refractivity contribution in [2.75, 3.05) is 9.80 Å². The summed E-state index contributed by atoms with van der Waals surface area (Å²) in [4.78, 5) is 4.60. The Morgan fingerprint density at radius 1 is 0.152 bits per heavy atom. The molecule has 0 atom stereocenters. The third-order valence-electron chi connectivity index (χ3n) is 12.9. The van der Waals surface area contributed by atoms with E-state index in [2.05, 4.69) is 277 Å². The standard InChI is InChI=1S/C64H44N2/c1-5-13-59(14-6-1)65(60-15-7-2-8-16-60)63-33-29-45(30-34-63)47-21-25-51-43-57-39-49(23-27-53(57)41-55(51)37-47)50-24-28-54-42-56-38-48(22-26-52(56)44-58(54)40-50)46-31-35-64(36-32-46)66(61-17-9-3-10-18-61)62-19-11-4-12-20-62/h1-44H. The van der Waals surface area contributed by atoms with Crippen molar-refractivity contribution in [2.24, 2.45) is 0 Å². The van der Waals surface area contributed by atoms with Gasteiger partial charge in [-0.1, -0.05) is 146 Å². The highest BCUT2D eigenvalue weighted by Crippen LogP contribution is 2.39. The summed E-state index contributed by atoms with van der Waals surface area (Å²) in [6, 6.07) is 96.8. The molecule has 12 aromatic rings. The van der Waals surface area contributed by atoms with Crippen LogP contribution < -0.4 is 9.80 Å². The minimum absolute atomic E-state index is 1.13. The normalized spacial score (nSPS) is 11.3. The van der Waals surface area contributed by atoms with Gasteiger partial charge in [0.05, 0.1) is 0 Å². The lowest BCUT2D eigenvalue weighted by molar-refractivity contribution is 1.28. The molecule has 0 aliphatic heterocycles. The van der Waals surface area contributed by atoms with E-state index >= 15 is 0 Å². The van der Waals surface area contributed by atoms with E-state index in [0.29, 0.717) is 0 Å². The first kappa shape index (κ1) is 38.9. The smallest absolute Gasteiger partial charge is 0.0462 e. The Morgan fingerprint density at radius 2 is 0.364 bits per heavy atom. The molecule has 0 fully saturated rings. The van der Waals surface area contributed by atoms with Crippen LogP contribution in [0.15, 0.2) is 267 Å². The maximum Gasteiger partial charge on any atom is 0.0462 e. The van der Waals surface area contributed by atoms with Crippen molar-refractivity contribution >= 4 is 77.2 Å². The number of benzene rings is 12. The van der Waals surface area contributed by atoms with E-state index in [9.17, 15) is 0 Å². The number of rotatable bonds is 9. The third kappa shape index (κ3) is 7.51. The van der Waals surface area contributed by atoms with E-state index < -0.39 is 0 Å². The number of anilines is 6. The van der Waals surface area contributed by atoms with Crippen LogP contribution in [0.4, 0.5) is 34.1 Å². The Labute approximate surface area is 385 Å². The molecule has 0 spiro atoms. The topological polar surface area (TPSA) is 6.48 Å². The predicted octanol–water partition coefficient (Wildman–Crippen LogP) is 18.2. The molecule has 0 aromatic heterocycles. The molecule has 66 heavy (non-hydrogen) atoms. The summed E-state index contributed by atoms with van der Waals surface area (Å²) in [6.45, 7) is 0. The van der Waals surface area contributed by atoms with Crippen LogP contribution >= 0.6 is 0 Å². The quantitative estimate of drug-likeness (QED) is 0.134. The summed E-state index contributed by atoms with van der Waals surface area (Å²) in [5.74, 6) is 0. The molecule has 12 rings (SSSR count). The van der Waals surface area contributed by atoms with Crippen molar-refractivity contribution in [3.63, 3.8) is 0 Å². The molecule has 2 nitrogen and oxygen atoms in total. The van der Waals surface area contributed by atoms with Crippen LogP contribution in [-0.4, -0.2) is 0 Å². The van der Waals surface area contributed by atoms with E-state index in [-0.39, 0.29) is 0 Å². The van der Waals surface area contributed by atoms with Crippen molar-refractivity contribution < 1.29 is 0 Å². The average molecular weight is 841 g/mol. The zero-order valence-corrected chi connectivity index (χ0v) is 36.3. The fraction of sp³-hybridized carbons (Fsp3) is 0. The molecule has 0 N–H and O–H groups in total. The number of hydrogen-bond acceptors (Lipinski definition) is 2. The lowest BCUT2D eigenvalue weighted by Crippen LogP contribution is -2.09. The fourth-order valence-electron chi connectivity index (χ4n) is 9.52. The van der Waals surface area contributed by atoms with E-state index in [4.69, 9.17) is 0 Å². The molecule has 2 heteroatoms. The summed E-state index contributed by atoms with van der Waals surface area (Å²) in [5, 5.41) is 9.91. The van der Waals surface area contributed by atoms with Gasteiger partial charge in [0.15, 0.2) is 0 Å². The highest BCUT2D eigenvalue weighted by Gasteiger charge is 2.14. The lowest BCUT2D eigenvalue weighted by Gasteiger charge is -2.25. The molecular formula is C64H44N2. The molecule has 0 aliphatic rings. The molecule has 0 heterocycles. The molecule has 0 unspecified atom stereocenters. The molecule has 0 saturated heterocycles. The van der Waals surface area contributed by atoms with E-state index in [1.54, 1.807) is 0 Å². The molecule has 310 valence electrons. The molecule has 0 saturated carbocycles. The van der Waals surface area contributed by atoms with Crippen LogP contribution in [0.2, 0.25) is 0 Å². The van der Waals surface area contributed by atoms with Gasteiger partial charge in [0.25, 0.3) is 0 Å². The van der Waals surface area contributed by atoms with Gasteiger partial charge < -0.3 is 9.80 Å². The Hall–Kier alpha value is -8.72. The predicted molar refractivity (Wildman–Crippen MR) is 282 cm³/mol. The van der Waals surface area contributed by atoms with Crippen LogP contribution in [0.3, 0.4) is 0 Å². The molecular weight excluding hydrogens is 797 g/mol. The van der Waals surface area contributed by atoms with Gasteiger partial charge in [-0.25, -0.2) is 0 Å². The zero-order chi connectivity index (χ0) is 43.8. The van der Waals surface area contributed by atoms with Crippen molar-refractivity contribution in [2.45, 2.75) is 0 Å². The summed E-state index contributed by atoms with van der Waals surface area (Å²) in [7, 11) is 0. The van der Waals surface area contributed by atoms with Crippen molar-refractivity contribution in [3.05, 3.63) is 267 Å². The van der Waals surface area contributed by atoms with Gasteiger partial charge >= 0.3 is 0 Å². The Balaban J connectivity index is 0.795. The van der Waals surface area contributed by atoms with Crippen LogP contribution in [0.1, 0.15) is 0 Å². The summed E-state index contributed by atoms with van der Waals surface area (Å²) < 4.78 is 0. The van der Waals surface area contributed by atoms with Gasteiger partial charge in [-0.15, -0.1) is 0 Å². The van der Waals surface area contributed by atoms with E-state index in [0.717, 1.165) is 34.1 Å². The highest BCUT2D eigenvalue weighted by atomic mass is 15.1. The van der Waals surface area contributed by atoms with Crippen molar-refractivity contribution in [1.82, 2.24) is 0 Å². The second-order valence-corrected chi connectivity index (χ2v) is 17.1. The van der Waals surface area contributed by atoms with Gasteiger partial charge in [-0.2, -0.15) is 0 Å². The van der Waals surface area contributed by atoms with Gasteiger partial charge in [0.2, 0.25) is 0 Å². The Morgan fingerprint density at radius 3 is 0.621 bits per heavy atom. The van der Waals surface area contributed by atoms with Gasteiger partial charge in [0, 0.05) is 34.1 Å². The van der Waals surface area contributed by atoms with E-state index in [1.807, 2.05) is 0 Å². The lowest BCUT2D eigenvalue weighted by atomic mass is 9.94. The van der Waals surface area contributed by atoms with Crippen LogP contribution in [0.5, 0.6) is 0 Å². The first-order valence-electron chi connectivity index (χ1n) is 22.6. The summed E-state index contributed by atoms with van der Waals surface area (Å²) in [5.41, 5.74) is 14.0. The van der Waals surface area contributed by atoms with Crippen LogP contribution in [0.25, 0.3) is 76.5 Å². The second kappa shape index (κ2) is 16.8. The molecule has 0 bridgehead atoms. The van der Waals surface area contributed by atoms with E-state index in [1.165, 1.54) is 76.5 Å². The number of hydrogen-bond donors (Lipinski definition) is 0. The van der Waals surface area contributed by atoms with Crippen molar-refractivity contribution in [1.29, 1.82) is 0 Å². The first-order valence-corrected chi connectivity index (χ1v) is 22.6. The van der Waals surface area contributed by atoms with Gasteiger partial charge in [0.1, 0.15) is 0 Å². The maximum absolute atomic E-state index is 2.34. The van der Waals surface area contributed by atoms with Gasteiger partial charge in [-0.3, -0.25) is 0 Å². The largest absolute Gasteiger partial charge is 0.311 e. The monoisotopic (exact) mass is 840 g/mol. The first-order chi connectivity index (χ1) is 32.7. The molecule has 0 aliphatic carbocycles. The SMILES string of the molecule is c1ccc(N(c2ccccc2)c2ccc(-c3ccc4cc5cc(-c6ccc7cc8cc(-c9ccc(N(c%10ccccc%10)c%10ccccc%10)cc9)ccc8cc7c6)ccc5cc4c3)cc2)cc1. The summed E-state index contributed by atoms with van der Waals surface area (Å²) >= 11 is 0.